The second-order valence-corrected chi connectivity index (χ2v) is 4.87. The third-order valence-electron chi connectivity index (χ3n) is 3.24. The van der Waals surface area contributed by atoms with E-state index in [9.17, 15) is 0 Å². The highest BCUT2D eigenvalue weighted by Crippen LogP contribution is 2.14. The van der Waals surface area contributed by atoms with Gasteiger partial charge >= 0.3 is 0 Å². The van der Waals surface area contributed by atoms with Gasteiger partial charge in [-0.15, -0.1) is 0 Å². The first kappa shape index (κ1) is 16.9. The molecule has 5 heteroatoms. The van der Waals surface area contributed by atoms with Crippen molar-refractivity contribution in [2.24, 2.45) is 0 Å². The molecule has 0 bridgehead atoms. The Morgan fingerprint density at radius 2 is 1.95 bits per heavy atom. The molecule has 1 N–H and O–H groups in total. The maximum Gasteiger partial charge on any atom is 0.0726 e. The van der Waals surface area contributed by atoms with Crippen molar-refractivity contribution in [3.8, 4) is 0 Å². The molecule has 1 rings (SSSR count). The van der Waals surface area contributed by atoms with Crippen molar-refractivity contribution in [3.05, 3.63) is 0 Å². The van der Waals surface area contributed by atoms with E-state index in [-0.39, 0.29) is 0 Å². The van der Waals surface area contributed by atoms with Crippen LogP contribution in [0.15, 0.2) is 0 Å². The van der Waals surface area contributed by atoms with Crippen LogP contribution in [0.25, 0.3) is 0 Å². The third-order valence-corrected chi connectivity index (χ3v) is 3.24. The summed E-state index contributed by atoms with van der Waals surface area (Å²) in [6, 6.07) is 0.420. The van der Waals surface area contributed by atoms with E-state index < -0.39 is 0 Å². The molecule has 5 nitrogen and oxygen atoms in total. The van der Waals surface area contributed by atoms with Crippen LogP contribution in [0, 0.1) is 0 Å². The fraction of sp³-hybridized carbons (Fsp3) is 1.00. The Morgan fingerprint density at radius 1 is 1.16 bits per heavy atom. The van der Waals surface area contributed by atoms with E-state index in [0.29, 0.717) is 25.4 Å². The van der Waals surface area contributed by atoms with Gasteiger partial charge in [-0.1, -0.05) is 0 Å². The Labute approximate surface area is 116 Å². The van der Waals surface area contributed by atoms with Crippen molar-refractivity contribution in [2.45, 2.75) is 38.3 Å². The fourth-order valence-corrected chi connectivity index (χ4v) is 2.10. The molecule has 1 aliphatic heterocycles. The molecule has 2 atom stereocenters. The highest BCUT2D eigenvalue weighted by atomic mass is 16.5. The summed E-state index contributed by atoms with van der Waals surface area (Å²) < 4.78 is 21.4. The molecule has 0 amide bonds. The number of rotatable bonds is 12. The second kappa shape index (κ2) is 11.6. The monoisotopic (exact) mass is 275 g/mol. The first-order valence-electron chi connectivity index (χ1n) is 7.34. The van der Waals surface area contributed by atoms with Crippen LogP contribution in [0.2, 0.25) is 0 Å². The largest absolute Gasteiger partial charge is 0.382 e. The summed E-state index contributed by atoms with van der Waals surface area (Å²) in [5.41, 5.74) is 0. The Hall–Kier alpha value is -0.200. The van der Waals surface area contributed by atoms with Crippen LogP contribution in [0.4, 0.5) is 0 Å². The summed E-state index contributed by atoms with van der Waals surface area (Å²) in [6.07, 6.45) is 3.68. The highest BCUT2D eigenvalue weighted by Gasteiger charge is 2.21. The predicted molar refractivity (Wildman–Crippen MR) is 74.6 cm³/mol. The van der Waals surface area contributed by atoms with Crippen LogP contribution < -0.4 is 5.32 Å². The number of nitrogens with one attached hydrogen (secondary N) is 1. The molecule has 1 saturated heterocycles. The fourth-order valence-electron chi connectivity index (χ4n) is 2.10. The summed E-state index contributed by atoms with van der Waals surface area (Å²) in [5.74, 6) is 0. The molecular weight excluding hydrogens is 246 g/mol. The lowest BCUT2D eigenvalue weighted by Crippen LogP contribution is -2.38. The summed E-state index contributed by atoms with van der Waals surface area (Å²) in [7, 11) is 1.68. The lowest BCUT2D eigenvalue weighted by Gasteiger charge is -2.19. The Balaban J connectivity index is 1.78. The average molecular weight is 275 g/mol. The molecule has 0 aromatic heterocycles. The molecule has 0 spiro atoms. The van der Waals surface area contributed by atoms with E-state index in [1.165, 1.54) is 12.8 Å². The maximum atomic E-state index is 5.63. The normalized spacial score (nSPS) is 20.8. The van der Waals surface area contributed by atoms with Gasteiger partial charge in [0, 0.05) is 39.5 Å². The van der Waals surface area contributed by atoms with Gasteiger partial charge in [-0.05, 0) is 26.2 Å². The zero-order chi connectivity index (χ0) is 13.8. The topological polar surface area (TPSA) is 49.0 Å². The highest BCUT2D eigenvalue weighted by molar-refractivity contribution is 4.76. The van der Waals surface area contributed by atoms with Crippen LogP contribution >= 0.6 is 0 Å². The lowest BCUT2D eigenvalue weighted by molar-refractivity contribution is 0.0495. The van der Waals surface area contributed by atoms with Crippen molar-refractivity contribution in [3.63, 3.8) is 0 Å². The summed E-state index contributed by atoms with van der Waals surface area (Å²) in [4.78, 5) is 0. The standard InChI is InChI=1S/C14H29NO4/c1-13(14-5-3-9-19-14)15-6-10-17-7-4-8-18-12-11-16-2/h13-15H,3-12H2,1-2H3. The van der Waals surface area contributed by atoms with E-state index in [0.717, 1.165) is 39.4 Å². The predicted octanol–water partition coefficient (Wildman–Crippen LogP) is 1.21. The van der Waals surface area contributed by atoms with Gasteiger partial charge in [0.25, 0.3) is 0 Å². The minimum Gasteiger partial charge on any atom is -0.382 e. The number of hydrogen-bond donors (Lipinski definition) is 1. The zero-order valence-electron chi connectivity index (χ0n) is 12.4. The summed E-state index contributed by atoms with van der Waals surface area (Å²) in [5, 5.41) is 3.45. The van der Waals surface area contributed by atoms with Gasteiger partial charge in [0.15, 0.2) is 0 Å². The van der Waals surface area contributed by atoms with Gasteiger partial charge in [-0.2, -0.15) is 0 Å². The maximum absolute atomic E-state index is 5.63. The minimum atomic E-state index is 0.384. The van der Waals surface area contributed by atoms with Gasteiger partial charge in [0.05, 0.1) is 25.9 Å². The van der Waals surface area contributed by atoms with Crippen molar-refractivity contribution in [2.75, 3.05) is 53.3 Å². The molecule has 0 radical (unpaired) electrons. The molecule has 19 heavy (non-hydrogen) atoms. The van der Waals surface area contributed by atoms with E-state index in [1.807, 2.05) is 0 Å². The van der Waals surface area contributed by atoms with Crippen LogP contribution in [0.5, 0.6) is 0 Å². The second-order valence-electron chi connectivity index (χ2n) is 4.87. The number of ether oxygens (including phenoxy) is 4. The van der Waals surface area contributed by atoms with Gasteiger partial charge in [0.1, 0.15) is 0 Å². The smallest absolute Gasteiger partial charge is 0.0726 e. The van der Waals surface area contributed by atoms with E-state index in [2.05, 4.69) is 12.2 Å². The van der Waals surface area contributed by atoms with Gasteiger partial charge in [-0.25, -0.2) is 0 Å². The third kappa shape index (κ3) is 8.55. The molecule has 1 fully saturated rings. The van der Waals surface area contributed by atoms with Gasteiger partial charge in [0.2, 0.25) is 0 Å². The van der Waals surface area contributed by atoms with E-state index in [4.69, 9.17) is 18.9 Å². The number of hydrogen-bond acceptors (Lipinski definition) is 5. The molecule has 0 saturated carbocycles. The molecule has 1 aliphatic rings. The van der Waals surface area contributed by atoms with Crippen molar-refractivity contribution >= 4 is 0 Å². The average Bonchev–Trinajstić information content (AvgIpc) is 2.95. The molecule has 2 unspecified atom stereocenters. The van der Waals surface area contributed by atoms with E-state index in [1.54, 1.807) is 7.11 Å². The van der Waals surface area contributed by atoms with Crippen LogP contribution in [0.1, 0.15) is 26.2 Å². The summed E-state index contributed by atoms with van der Waals surface area (Å²) in [6.45, 7) is 7.53. The number of methoxy groups -OCH3 is 1. The van der Waals surface area contributed by atoms with Crippen LogP contribution in [-0.4, -0.2) is 65.4 Å². The molecule has 0 aromatic rings. The Bertz CT molecular complexity index is 198. The molecule has 1 heterocycles. The van der Waals surface area contributed by atoms with E-state index >= 15 is 0 Å². The van der Waals surface area contributed by atoms with Gasteiger partial charge < -0.3 is 24.3 Å². The lowest BCUT2D eigenvalue weighted by atomic mass is 10.1. The first-order chi connectivity index (χ1) is 9.34. The van der Waals surface area contributed by atoms with Crippen molar-refractivity contribution < 1.29 is 18.9 Å². The molecular formula is C14H29NO4. The minimum absolute atomic E-state index is 0.384. The Morgan fingerprint density at radius 3 is 2.63 bits per heavy atom. The Kier molecular flexibility index (Phi) is 10.3. The molecule has 114 valence electrons. The summed E-state index contributed by atoms with van der Waals surface area (Å²) >= 11 is 0. The molecule has 0 aliphatic carbocycles. The zero-order valence-corrected chi connectivity index (χ0v) is 12.4. The van der Waals surface area contributed by atoms with Crippen molar-refractivity contribution in [1.29, 1.82) is 0 Å². The molecule has 0 aromatic carbocycles. The SMILES string of the molecule is COCCOCCCOCCNC(C)C1CCCO1. The first-order valence-corrected chi connectivity index (χ1v) is 7.34. The van der Waals surface area contributed by atoms with Gasteiger partial charge in [-0.3, -0.25) is 0 Å². The quantitative estimate of drug-likeness (QED) is 0.543. The van der Waals surface area contributed by atoms with Crippen LogP contribution in [-0.2, 0) is 18.9 Å². The van der Waals surface area contributed by atoms with Crippen LogP contribution in [0.3, 0.4) is 0 Å². The van der Waals surface area contributed by atoms with Crippen molar-refractivity contribution in [1.82, 2.24) is 5.32 Å².